The number of amides is 2. The zero-order valence-electron chi connectivity index (χ0n) is 23.6. The molecule has 0 saturated carbocycles. The first-order valence-electron chi connectivity index (χ1n) is 15.2. The molecule has 3 saturated heterocycles. The molecule has 3 fully saturated rings. The number of hydrogen-bond acceptors (Lipinski definition) is 5. The Bertz CT molecular complexity index is 1660. The molecule has 2 aliphatic carbocycles. The molecular formula is C34H35N3O5. The summed E-state index contributed by atoms with van der Waals surface area (Å²) < 4.78 is 6.29. The number of H-pyrrole nitrogens is 1. The van der Waals surface area contributed by atoms with E-state index in [0.717, 1.165) is 30.3 Å². The van der Waals surface area contributed by atoms with Gasteiger partial charge in [0, 0.05) is 23.6 Å². The van der Waals surface area contributed by atoms with E-state index in [-0.39, 0.29) is 11.8 Å². The number of ketones is 1. The highest BCUT2D eigenvalue weighted by Crippen LogP contribution is 2.52. The maximum Gasteiger partial charge on any atom is 0.229 e. The van der Waals surface area contributed by atoms with E-state index < -0.39 is 41.1 Å². The van der Waals surface area contributed by atoms with E-state index >= 15 is 0 Å². The van der Waals surface area contributed by atoms with Crippen molar-refractivity contribution in [3.63, 3.8) is 0 Å². The van der Waals surface area contributed by atoms with Crippen molar-refractivity contribution in [3.05, 3.63) is 77.5 Å². The molecule has 4 heterocycles. The third-order valence-electron chi connectivity index (χ3n) is 10.5. The van der Waals surface area contributed by atoms with Crippen LogP contribution in [0, 0.1) is 23.7 Å². The van der Waals surface area contributed by atoms with Crippen molar-refractivity contribution in [1.29, 1.82) is 0 Å². The molecule has 7 atom stereocenters. The number of aromatic nitrogens is 1. The van der Waals surface area contributed by atoms with Gasteiger partial charge in [-0.05, 0) is 79.7 Å². The third-order valence-corrected chi connectivity index (χ3v) is 10.5. The number of carbonyl (C=O) groups excluding carboxylic acids is 3. The van der Waals surface area contributed by atoms with Crippen LogP contribution in [0.3, 0.4) is 0 Å². The van der Waals surface area contributed by atoms with Crippen LogP contribution in [-0.2, 0) is 32.0 Å². The van der Waals surface area contributed by atoms with Crippen LogP contribution < -0.4 is 5.32 Å². The number of nitrogens with one attached hydrogen (secondary N) is 2. The number of aliphatic hydroxyl groups is 1. The Balaban J connectivity index is 1.10. The third kappa shape index (κ3) is 3.64. The van der Waals surface area contributed by atoms with Crippen molar-refractivity contribution in [2.24, 2.45) is 23.7 Å². The Labute approximate surface area is 244 Å². The van der Waals surface area contributed by atoms with Crippen molar-refractivity contribution < 1.29 is 24.2 Å². The predicted octanol–water partition coefficient (Wildman–Crippen LogP) is 3.73. The fourth-order valence-corrected chi connectivity index (χ4v) is 8.60. The summed E-state index contributed by atoms with van der Waals surface area (Å²) in [5, 5.41) is 16.2. The number of piperidine rings is 1. The highest BCUT2D eigenvalue weighted by Gasteiger charge is 2.71. The van der Waals surface area contributed by atoms with Gasteiger partial charge in [0.15, 0.2) is 11.6 Å². The Morgan fingerprint density at radius 2 is 1.95 bits per heavy atom. The quantitative estimate of drug-likeness (QED) is 0.447. The van der Waals surface area contributed by atoms with E-state index in [9.17, 15) is 19.5 Å². The van der Waals surface area contributed by atoms with Gasteiger partial charge in [-0.2, -0.15) is 0 Å². The Hall–Kier alpha value is -3.75. The molecule has 8 rings (SSSR count). The summed E-state index contributed by atoms with van der Waals surface area (Å²) in [6, 6.07) is 15.2. The van der Waals surface area contributed by atoms with E-state index in [1.807, 2.05) is 36.4 Å². The number of benzene rings is 2. The highest BCUT2D eigenvalue weighted by molar-refractivity contribution is 6.01. The monoisotopic (exact) mass is 565 g/mol. The molecule has 2 amide bonds. The number of fused-ring (bicyclic) bond motifs is 5. The second-order valence-electron chi connectivity index (χ2n) is 13.0. The summed E-state index contributed by atoms with van der Waals surface area (Å²) in [4.78, 5) is 46.8. The Morgan fingerprint density at radius 3 is 2.79 bits per heavy atom. The largest absolute Gasteiger partial charge is 0.363 e. The molecule has 216 valence electrons. The van der Waals surface area contributed by atoms with Gasteiger partial charge >= 0.3 is 0 Å². The van der Waals surface area contributed by atoms with Crippen molar-refractivity contribution in [2.45, 2.75) is 63.0 Å². The molecule has 0 bridgehead atoms. The van der Waals surface area contributed by atoms with Gasteiger partial charge < -0.3 is 25.0 Å². The summed E-state index contributed by atoms with van der Waals surface area (Å²) in [5.74, 6) is -4.61. The predicted molar refractivity (Wildman–Crippen MR) is 156 cm³/mol. The zero-order chi connectivity index (χ0) is 28.8. The van der Waals surface area contributed by atoms with Crippen molar-refractivity contribution in [3.8, 4) is 0 Å². The fraction of sp³-hybridized carbons (Fsp3) is 0.441. The van der Waals surface area contributed by atoms with Crippen molar-refractivity contribution in [1.82, 2.24) is 15.2 Å². The van der Waals surface area contributed by atoms with Crippen LogP contribution in [0.15, 0.2) is 60.8 Å². The van der Waals surface area contributed by atoms with Gasteiger partial charge in [0.2, 0.25) is 17.5 Å². The summed E-state index contributed by atoms with van der Waals surface area (Å²) in [5.41, 5.74) is 3.95. The van der Waals surface area contributed by atoms with Crippen LogP contribution in [-0.4, -0.2) is 56.7 Å². The average Bonchev–Trinajstić information content (AvgIpc) is 3.69. The van der Waals surface area contributed by atoms with Gasteiger partial charge in [-0.25, -0.2) is 0 Å². The molecule has 3 aromatic rings. The van der Waals surface area contributed by atoms with Crippen LogP contribution in [0.1, 0.15) is 49.3 Å². The van der Waals surface area contributed by atoms with Gasteiger partial charge in [0.05, 0.1) is 23.8 Å². The first kappa shape index (κ1) is 25.9. The normalized spacial score (nSPS) is 35.0. The second-order valence-corrected chi connectivity index (χ2v) is 13.0. The Kier molecular flexibility index (Phi) is 5.63. The van der Waals surface area contributed by atoms with Crippen LogP contribution >= 0.6 is 0 Å². The minimum atomic E-state index is -1.86. The number of Topliss-reactive ketones (excluding diaryl/α,β-unsaturated/α-hetero) is 1. The van der Waals surface area contributed by atoms with Crippen LogP contribution in [0.5, 0.6) is 0 Å². The lowest BCUT2D eigenvalue weighted by molar-refractivity contribution is -0.281. The molecule has 2 aromatic carbocycles. The molecule has 8 heteroatoms. The van der Waals surface area contributed by atoms with Gasteiger partial charge in [0.1, 0.15) is 0 Å². The maximum atomic E-state index is 14.2. The number of ether oxygens (including phenoxy) is 1. The molecule has 0 radical (unpaired) electrons. The lowest BCUT2D eigenvalue weighted by atomic mass is 9.71. The standard InChI is InChI=1S/C34H35N3O5/c1-33(36-31(39)21-13-12-20-16-22-18-35-26-10-5-9-23(28(22)26)24(20)17-21)30(38)29-25(15-19-7-3-2-4-8-19)32(40)37-14-6-11-27(37)34(29,41)42-33/h2-5,7-10,17-18,20-21,25,27,29,35,41H,6,11-16H2,1H3,(H,36,39)/t20-,21+,25-,27?,29?,33-,34+/m1/s1. The molecule has 5 aliphatic rings. The first-order valence-corrected chi connectivity index (χ1v) is 15.2. The van der Waals surface area contributed by atoms with Gasteiger partial charge in [-0.15, -0.1) is 0 Å². The average molecular weight is 566 g/mol. The fourth-order valence-electron chi connectivity index (χ4n) is 8.60. The lowest BCUT2D eigenvalue weighted by Gasteiger charge is -2.46. The number of nitrogens with zero attached hydrogens (tertiary/aromatic N) is 1. The zero-order valence-corrected chi connectivity index (χ0v) is 23.6. The molecular weight excluding hydrogens is 530 g/mol. The summed E-state index contributed by atoms with van der Waals surface area (Å²) >= 11 is 0. The summed E-state index contributed by atoms with van der Waals surface area (Å²) in [6.45, 7) is 2.07. The van der Waals surface area contributed by atoms with E-state index in [1.54, 1.807) is 11.8 Å². The Morgan fingerprint density at radius 1 is 1.12 bits per heavy atom. The number of hydrogen-bond donors (Lipinski definition) is 3. The molecule has 8 nitrogen and oxygen atoms in total. The SMILES string of the molecule is C[C@@]1(NC(=O)[C@@H]2C=C3c4cccc5[nH]cc(c45)C[C@H]3CC2)O[C@]2(O)C(C1=O)[C@@H](Cc1ccccc1)C(=O)N1CCCC12. The second kappa shape index (κ2) is 9.12. The first-order chi connectivity index (χ1) is 20.3. The highest BCUT2D eigenvalue weighted by atomic mass is 16.7. The summed E-state index contributed by atoms with van der Waals surface area (Å²) in [7, 11) is 0. The number of allylic oxidation sites excluding steroid dienone is 1. The number of rotatable bonds is 4. The van der Waals surface area contributed by atoms with Crippen molar-refractivity contribution >= 4 is 34.1 Å². The lowest BCUT2D eigenvalue weighted by Crippen LogP contribution is -2.64. The maximum absolute atomic E-state index is 14.2. The minimum absolute atomic E-state index is 0.123. The summed E-state index contributed by atoms with van der Waals surface area (Å²) in [6.07, 6.45) is 8.25. The van der Waals surface area contributed by atoms with E-state index in [1.165, 1.54) is 22.1 Å². The minimum Gasteiger partial charge on any atom is -0.363 e. The molecule has 2 unspecified atom stereocenters. The topological polar surface area (TPSA) is 112 Å². The molecule has 0 spiro atoms. The van der Waals surface area contributed by atoms with Crippen molar-refractivity contribution in [2.75, 3.05) is 6.54 Å². The molecule has 3 N–H and O–H groups in total. The molecule has 3 aliphatic heterocycles. The van der Waals surface area contributed by atoms with Crippen LogP contribution in [0.4, 0.5) is 0 Å². The van der Waals surface area contributed by atoms with E-state index in [4.69, 9.17) is 4.74 Å². The molecule has 1 aromatic heterocycles. The smallest absolute Gasteiger partial charge is 0.229 e. The number of carbonyl (C=O) groups is 3. The van der Waals surface area contributed by atoms with Crippen LogP contribution in [0.25, 0.3) is 16.5 Å². The van der Waals surface area contributed by atoms with Gasteiger partial charge in [-0.1, -0.05) is 48.5 Å². The van der Waals surface area contributed by atoms with Crippen LogP contribution in [0.2, 0.25) is 0 Å². The molecule has 42 heavy (non-hydrogen) atoms. The van der Waals surface area contributed by atoms with E-state index in [2.05, 4.69) is 34.7 Å². The van der Waals surface area contributed by atoms with Gasteiger partial charge in [-0.3, -0.25) is 14.4 Å². The van der Waals surface area contributed by atoms with E-state index in [0.29, 0.717) is 31.7 Å². The van der Waals surface area contributed by atoms with Gasteiger partial charge in [0.25, 0.3) is 0 Å². The number of aromatic amines is 1.